The third-order valence-electron chi connectivity index (χ3n) is 6.55. The van der Waals surface area contributed by atoms with Crippen LogP contribution in [0.4, 0.5) is 10.7 Å². The molecule has 0 saturated heterocycles. The number of anilines is 2. The number of thioether (sulfide) groups is 1. The molecule has 2 N–H and O–H groups in total. The molecule has 1 aromatic heterocycles. The third kappa shape index (κ3) is 6.09. The molecule has 0 spiro atoms. The highest BCUT2D eigenvalue weighted by Gasteiger charge is 2.22. The summed E-state index contributed by atoms with van der Waals surface area (Å²) in [4.78, 5) is 27.1. The lowest BCUT2D eigenvalue weighted by atomic mass is 10.0. The van der Waals surface area contributed by atoms with Gasteiger partial charge in [0.25, 0.3) is 5.91 Å². The number of nitrogens with zero attached hydrogens (tertiary/aromatic N) is 1. The van der Waals surface area contributed by atoms with Gasteiger partial charge in [0.05, 0.1) is 10.8 Å². The van der Waals surface area contributed by atoms with Crippen molar-refractivity contribution < 1.29 is 9.59 Å². The molecule has 2 amide bonds. The van der Waals surface area contributed by atoms with Gasteiger partial charge in [-0.3, -0.25) is 9.59 Å². The molecule has 5 rings (SSSR count). The van der Waals surface area contributed by atoms with Crippen LogP contribution in [0.3, 0.4) is 0 Å². The first-order valence-electron chi connectivity index (χ1n) is 12.9. The van der Waals surface area contributed by atoms with Crippen LogP contribution in [-0.2, 0) is 4.79 Å². The molecular weight excluding hydrogens is 535 g/mol. The lowest BCUT2D eigenvalue weighted by molar-refractivity contribution is -0.115. The third-order valence-corrected chi connectivity index (χ3v) is 8.80. The van der Waals surface area contributed by atoms with Gasteiger partial charge in [-0.05, 0) is 60.0 Å². The van der Waals surface area contributed by atoms with Crippen molar-refractivity contribution in [1.29, 1.82) is 5.26 Å². The van der Waals surface area contributed by atoms with Gasteiger partial charge in [-0.1, -0.05) is 73.2 Å². The van der Waals surface area contributed by atoms with Crippen molar-refractivity contribution in [2.24, 2.45) is 0 Å². The Hall–Kier alpha value is -4.38. The van der Waals surface area contributed by atoms with Crippen LogP contribution in [0.15, 0.2) is 101 Å². The summed E-state index contributed by atoms with van der Waals surface area (Å²) in [6.07, 6.45) is 0.599. The van der Waals surface area contributed by atoms with Crippen molar-refractivity contribution in [3.63, 3.8) is 0 Å². The van der Waals surface area contributed by atoms with Crippen molar-refractivity contribution in [3.8, 4) is 17.2 Å². The summed E-state index contributed by atoms with van der Waals surface area (Å²) in [6.45, 7) is 3.98. The molecule has 1 unspecified atom stereocenters. The molecule has 7 heteroatoms. The minimum absolute atomic E-state index is 0.160. The van der Waals surface area contributed by atoms with Crippen LogP contribution in [0.25, 0.3) is 21.9 Å². The minimum Gasteiger partial charge on any atom is -0.322 e. The van der Waals surface area contributed by atoms with Crippen molar-refractivity contribution >= 4 is 56.4 Å². The van der Waals surface area contributed by atoms with E-state index in [2.05, 4.69) is 16.7 Å². The van der Waals surface area contributed by atoms with E-state index in [1.165, 1.54) is 23.1 Å². The molecule has 0 aliphatic carbocycles. The van der Waals surface area contributed by atoms with Crippen LogP contribution in [0.2, 0.25) is 0 Å². The van der Waals surface area contributed by atoms with E-state index in [1.54, 1.807) is 0 Å². The number of hydrogen-bond acceptors (Lipinski definition) is 5. The summed E-state index contributed by atoms with van der Waals surface area (Å²) < 4.78 is 0. The summed E-state index contributed by atoms with van der Waals surface area (Å²) in [5, 5.41) is 20.0. The van der Waals surface area contributed by atoms with E-state index in [9.17, 15) is 14.9 Å². The summed E-state index contributed by atoms with van der Waals surface area (Å²) in [6, 6.07) is 31.3. The predicted octanol–water partition coefficient (Wildman–Crippen LogP) is 8.51. The average Bonchev–Trinajstić information content (AvgIpc) is 3.38. The maximum absolute atomic E-state index is 13.3. The molecule has 198 valence electrons. The number of nitriles is 1. The Balaban J connectivity index is 1.27. The number of amides is 2. The Labute approximate surface area is 241 Å². The molecule has 1 atom stereocenters. The van der Waals surface area contributed by atoms with E-state index in [-0.39, 0.29) is 17.1 Å². The number of benzene rings is 4. The van der Waals surface area contributed by atoms with E-state index < -0.39 is 0 Å². The lowest BCUT2D eigenvalue weighted by Gasteiger charge is -2.15. The van der Waals surface area contributed by atoms with Crippen molar-refractivity contribution in [2.75, 3.05) is 10.6 Å². The molecule has 40 heavy (non-hydrogen) atoms. The highest BCUT2D eigenvalue weighted by atomic mass is 32.2. The zero-order valence-electron chi connectivity index (χ0n) is 22.1. The second kappa shape index (κ2) is 12.2. The second-order valence-corrected chi connectivity index (χ2v) is 11.5. The Bertz CT molecular complexity index is 1740. The standard InChI is InChI=1S/C33H27N3O2S2/c1-3-30(32(38)36-33-28(19-34)29(20-39-33)23-13-11-21(2)12-14-23)40-27-10-6-9-26(18-27)35-31(37)25-16-15-22-7-4-5-8-24(22)17-25/h4-18,20,30H,3H2,1-2H3,(H,35,37)(H,36,38). The molecule has 1 heterocycles. The first kappa shape index (κ1) is 27.2. The quantitative estimate of drug-likeness (QED) is 0.186. The summed E-state index contributed by atoms with van der Waals surface area (Å²) in [5.74, 6) is -0.351. The average molecular weight is 562 g/mol. The zero-order chi connectivity index (χ0) is 28.1. The normalized spacial score (nSPS) is 11.5. The Morgan fingerprint density at radius 3 is 2.45 bits per heavy atom. The Morgan fingerprint density at radius 2 is 1.70 bits per heavy atom. The van der Waals surface area contributed by atoms with Crippen LogP contribution in [-0.4, -0.2) is 17.1 Å². The minimum atomic E-state index is -0.372. The number of carbonyl (C=O) groups excluding carboxylic acids is 2. The zero-order valence-corrected chi connectivity index (χ0v) is 23.7. The summed E-state index contributed by atoms with van der Waals surface area (Å²) in [5.41, 5.74) is 4.62. The second-order valence-electron chi connectivity index (χ2n) is 9.38. The number of thiophene rings is 1. The number of carbonyl (C=O) groups is 2. The fraction of sp³-hybridized carbons (Fsp3) is 0.121. The SMILES string of the molecule is CCC(Sc1cccc(NC(=O)c2ccc3ccccc3c2)c1)C(=O)Nc1scc(-c2ccc(C)cc2)c1C#N. The molecule has 4 aromatic carbocycles. The van der Waals surface area contributed by atoms with Gasteiger partial charge in [0, 0.05) is 27.1 Å². The van der Waals surface area contributed by atoms with Gasteiger partial charge in [0.1, 0.15) is 11.1 Å². The molecule has 0 aliphatic heterocycles. The largest absolute Gasteiger partial charge is 0.322 e. The maximum atomic E-state index is 13.3. The van der Waals surface area contributed by atoms with E-state index in [1.807, 2.05) is 110 Å². The molecule has 0 aliphatic rings. The van der Waals surface area contributed by atoms with Gasteiger partial charge in [-0.2, -0.15) is 5.26 Å². The van der Waals surface area contributed by atoms with Gasteiger partial charge in [0.15, 0.2) is 0 Å². The lowest BCUT2D eigenvalue weighted by Crippen LogP contribution is -2.24. The molecular formula is C33H27N3O2S2. The van der Waals surface area contributed by atoms with Crippen molar-refractivity contribution in [2.45, 2.75) is 30.4 Å². The van der Waals surface area contributed by atoms with E-state index in [4.69, 9.17) is 0 Å². The number of aryl methyl sites for hydroxylation is 1. The van der Waals surface area contributed by atoms with E-state index in [0.29, 0.717) is 28.2 Å². The number of rotatable bonds is 8. The Morgan fingerprint density at radius 1 is 0.925 bits per heavy atom. The maximum Gasteiger partial charge on any atom is 0.255 e. The highest BCUT2D eigenvalue weighted by Crippen LogP contribution is 2.36. The summed E-state index contributed by atoms with van der Waals surface area (Å²) >= 11 is 2.79. The molecule has 5 nitrogen and oxygen atoms in total. The van der Waals surface area contributed by atoms with E-state index >= 15 is 0 Å². The van der Waals surface area contributed by atoms with Crippen LogP contribution < -0.4 is 10.6 Å². The van der Waals surface area contributed by atoms with Crippen LogP contribution in [0, 0.1) is 18.3 Å². The smallest absolute Gasteiger partial charge is 0.255 e. The van der Waals surface area contributed by atoms with Crippen molar-refractivity contribution in [3.05, 3.63) is 113 Å². The summed E-state index contributed by atoms with van der Waals surface area (Å²) in [7, 11) is 0. The fourth-order valence-electron chi connectivity index (χ4n) is 4.37. The molecule has 0 bridgehead atoms. The molecule has 0 fully saturated rings. The Kier molecular flexibility index (Phi) is 8.30. The molecule has 5 aromatic rings. The van der Waals surface area contributed by atoms with Gasteiger partial charge in [0.2, 0.25) is 5.91 Å². The first-order chi connectivity index (χ1) is 19.4. The van der Waals surface area contributed by atoms with Gasteiger partial charge in [-0.15, -0.1) is 23.1 Å². The molecule has 0 radical (unpaired) electrons. The van der Waals surface area contributed by atoms with Gasteiger partial charge in [-0.25, -0.2) is 0 Å². The van der Waals surface area contributed by atoms with Crippen LogP contribution in [0.5, 0.6) is 0 Å². The first-order valence-corrected chi connectivity index (χ1v) is 14.7. The topological polar surface area (TPSA) is 82.0 Å². The van der Waals surface area contributed by atoms with E-state index in [0.717, 1.165) is 32.4 Å². The highest BCUT2D eigenvalue weighted by molar-refractivity contribution is 8.00. The van der Waals surface area contributed by atoms with Crippen LogP contribution in [0.1, 0.15) is 34.8 Å². The van der Waals surface area contributed by atoms with Gasteiger partial charge >= 0.3 is 0 Å². The van der Waals surface area contributed by atoms with Crippen LogP contribution >= 0.6 is 23.1 Å². The number of hydrogen-bond donors (Lipinski definition) is 2. The van der Waals surface area contributed by atoms with Crippen molar-refractivity contribution in [1.82, 2.24) is 0 Å². The monoisotopic (exact) mass is 561 g/mol. The number of nitrogens with one attached hydrogen (secondary N) is 2. The van der Waals surface area contributed by atoms with Gasteiger partial charge < -0.3 is 10.6 Å². The molecule has 0 saturated carbocycles. The predicted molar refractivity (Wildman–Crippen MR) is 166 cm³/mol. The number of fused-ring (bicyclic) bond motifs is 1. The fourth-order valence-corrected chi connectivity index (χ4v) is 6.30.